The van der Waals surface area contributed by atoms with Crippen LogP contribution in [0.5, 0.6) is 0 Å². The summed E-state index contributed by atoms with van der Waals surface area (Å²) in [4.78, 5) is 11.3. The predicted octanol–water partition coefficient (Wildman–Crippen LogP) is 2.09. The minimum atomic E-state index is -0.272. The summed E-state index contributed by atoms with van der Waals surface area (Å²) in [5.41, 5.74) is 7.33. The van der Waals surface area contributed by atoms with Crippen molar-refractivity contribution in [1.82, 2.24) is 20.1 Å². The summed E-state index contributed by atoms with van der Waals surface area (Å²) in [6, 6.07) is 9.91. The van der Waals surface area contributed by atoms with Crippen LogP contribution in [0.2, 0.25) is 0 Å². The Bertz CT molecular complexity index is 647. The van der Waals surface area contributed by atoms with E-state index in [0.29, 0.717) is 17.5 Å². The zero-order chi connectivity index (χ0) is 13.8. The van der Waals surface area contributed by atoms with Gasteiger partial charge in [0.15, 0.2) is 5.82 Å². The van der Waals surface area contributed by atoms with Gasteiger partial charge in [0.2, 0.25) is 11.7 Å². The molecule has 102 valence electrons. The molecule has 2 heterocycles. The highest BCUT2D eigenvalue weighted by Gasteiger charge is 2.16. The van der Waals surface area contributed by atoms with Crippen LogP contribution in [0.3, 0.4) is 0 Å². The van der Waals surface area contributed by atoms with Crippen LogP contribution < -0.4 is 5.73 Å². The van der Waals surface area contributed by atoms with E-state index >= 15 is 0 Å². The van der Waals surface area contributed by atoms with E-state index in [1.165, 1.54) is 5.56 Å². The molecule has 0 aliphatic rings. The minimum Gasteiger partial charge on any atom is -0.342 e. The molecule has 0 aliphatic carbocycles. The Kier molecular flexibility index (Phi) is 3.56. The number of nitrogens with one attached hydrogen (secondary N) is 1. The van der Waals surface area contributed by atoms with Gasteiger partial charge in [-0.15, -0.1) is 0 Å². The van der Waals surface area contributed by atoms with Crippen LogP contribution in [-0.4, -0.2) is 20.1 Å². The van der Waals surface area contributed by atoms with E-state index in [-0.39, 0.29) is 6.04 Å². The van der Waals surface area contributed by atoms with Crippen molar-refractivity contribution >= 4 is 0 Å². The molecule has 0 bridgehead atoms. The van der Waals surface area contributed by atoms with Crippen LogP contribution in [-0.2, 0) is 6.42 Å². The molecule has 0 fully saturated rings. The number of aromatic nitrogens is 4. The van der Waals surface area contributed by atoms with Crippen molar-refractivity contribution < 1.29 is 4.52 Å². The van der Waals surface area contributed by atoms with Crippen molar-refractivity contribution in [3.63, 3.8) is 0 Å². The van der Waals surface area contributed by atoms with Gasteiger partial charge < -0.3 is 15.2 Å². The molecule has 3 aromatic rings. The Morgan fingerprint density at radius 1 is 1.25 bits per heavy atom. The van der Waals surface area contributed by atoms with Gasteiger partial charge in [0.25, 0.3) is 0 Å². The fourth-order valence-electron chi connectivity index (χ4n) is 1.96. The molecule has 3 N–H and O–H groups in total. The summed E-state index contributed by atoms with van der Waals surface area (Å²) in [6.45, 7) is 0. The Labute approximate surface area is 116 Å². The first-order chi connectivity index (χ1) is 9.83. The second-order valence-electron chi connectivity index (χ2n) is 4.52. The number of rotatable bonds is 5. The van der Waals surface area contributed by atoms with Gasteiger partial charge in [0, 0.05) is 12.4 Å². The average molecular weight is 269 g/mol. The van der Waals surface area contributed by atoms with Crippen LogP contribution in [0.15, 0.2) is 47.2 Å². The van der Waals surface area contributed by atoms with Crippen LogP contribution >= 0.6 is 0 Å². The van der Waals surface area contributed by atoms with Crippen molar-refractivity contribution in [2.24, 2.45) is 5.73 Å². The topological polar surface area (TPSA) is 93.6 Å². The van der Waals surface area contributed by atoms with E-state index < -0.39 is 0 Å². The minimum absolute atomic E-state index is 0.272. The fourth-order valence-corrected chi connectivity index (χ4v) is 1.96. The number of nitrogens with zero attached hydrogens (tertiary/aromatic N) is 3. The summed E-state index contributed by atoms with van der Waals surface area (Å²) < 4.78 is 5.19. The number of benzene rings is 1. The summed E-state index contributed by atoms with van der Waals surface area (Å²) in [5.74, 6) is 1.45. The largest absolute Gasteiger partial charge is 0.342 e. The molecule has 2 aromatic heterocycles. The quantitative estimate of drug-likeness (QED) is 0.739. The molecular weight excluding hydrogens is 254 g/mol. The van der Waals surface area contributed by atoms with Crippen molar-refractivity contribution in [2.45, 2.75) is 18.9 Å². The lowest BCUT2D eigenvalue weighted by Gasteiger charge is -2.06. The van der Waals surface area contributed by atoms with Crippen molar-refractivity contribution in [1.29, 1.82) is 0 Å². The van der Waals surface area contributed by atoms with E-state index in [1.54, 1.807) is 12.4 Å². The van der Waals surface area contributed by atoms with Crippen LogP contribution in [0.1, 0.15) is 23.9 Å². The Balaban J connectivity index is 1.64. The summed E-state index contributed by atoms with van der Waals surface area (Å²) in [6.07, 6.45) is 4.98. The average Bonchev–Trinajstić information content (AvgIpc) is 3.16. The predicted molar refractivity (Wildman–Crippen MR) is 73.6 cm³/mol. The lowest BCUT2D eigenvalue weighted by molar-refractivity contribution is 0.349. The Hall–Kier alpha value is -2.47. The third-order valence-corrected chi connectivity index (χ3v) is 3.06. The van der Waals surface area contributed by atoms with Gasteiger partial charge in [-0.25, -0.2) is 4.98 Å². The van der Waals surface area contributed by atoms with Crippen molar-refractivity contribution in [3.05, 3.63) is 54.2 Å². The number of hydrogen-bond donors (Lipinski definition) is 2. The number of hydrogen-bond acceptors (Lipinski definition) is 5. The molecule has 0 amide bonds. The van der Waals surface area contributed by atoms with Crippen LogP contribution in [0, 0.1) is 0 Å². The first-order valence-corrected chi connectivity index (χ1v) is 6.46. The number of imidazole rings is 1. The molecule has 1 aromatic carbocycles. The Morgan fingerprint density at radius 3 is 2.85 bits per heavy atom. The lowest BCUT2D eigenvalue weighted by atomic mass is 10.1. The first kappa shape index (κ1) is 12.6. The molecule has 0 saturated heterocycles. The van der Waals surface area contributed by atoms with Gasteiger partial charge in [-0.05, 0) is 18.4 Å². The third kappa shape index (κ3) is 2.75. The van der Waals surface area contributed by atoms with E-state index in [2.05, 4.69) is 32.2 Å². The SMILES string of the molecule is NC(CCc1ccccc1)c1nc(-c2ncc[nH]2)no1. The summed E-state index contributed by atoms with van der Waals surface area (Å²) in [7, 11) is 0. The van der Waals surface area contributed by atoms with Gasteiger partial charge in [-0.2, -0.15) is 4.98 Å². The summed E-state index contributed by atoms with van der Waals surface area (Å²) >= 11 is 0. The molecule has 1 unspecified atom stereocenters. The monoisotopic (exact) mass is 269 g/mol. The highest BCUT2D eigenvalue weighted by Crippen LogP contribution is 2.18. The second-order valence-corrected chi connectivity index (χ2v) is 4.52. The number of aryl methyl sites for hydroxylation is 1. The van der Waals surface area contributed by atoms with Gasteiger partial charge in [0.1, 0.15) is 0 Å². The standard InChI is InChI=1S/C14H15N5O/c15-11(7-6-10-4-2-1-3-5-10)14-18-13(19-20-14)12-16-8-9-17-12/h1-5,8-9,11H,6-7,15H2,(H,16,17). The highest BCUT2D eigenvalue weighted by atomic mass is 16.5. The molecule has 3 rings (SSSR count). The maximum absolute atomic E-state index is 6.08. The van der Waals surface area contributed by atoms with Gasteiger partial charge in [-0.3, -0.25) is 0 Å². The van der Waals surface area contributed by atoms with E-state index in [0.717, 1.165) is 12.8 Å². The summed E-state index contributed by atoms with van der Waals surface area (Å²) in [5, 5.41) is 3.87. The maximum Gasteiger partial charge on any atom is 0.243 e. The second kappa shape index (κ2) is 5.66. The van der Waals surface area contributed by atoms with E-state index in [9.17, 15) is 0 Å². The molecule has 6 heteroatoms. The molecule has 0 aliphatic heterocycles. The number of aromatic amines is 1. The van der Waals surface area contributed by atoms with Crippen LogP contribution in [0.4, 0.5) is 0 Å². The fraction of sp³-hybridized carbons (Fsp3) is 0.214. The van der Waals surface area contributed by atoms with Crippen LogP contribution in [0.25, 0.3) is 11.6 Å². The van der Waals surface area contributed by atoms with Crippen molar-refractivity contribution in [3.8, 4) is 11.6 Å². The van der Waals surface area contributed by atoms with E-state index in [4.69, 9.17) is 10.3 Å². The van der Waals surface area contributed by atoms with Gasteiger partial charge in [0.05, 0.1) is 6.04 Å². The number of nitrogens with two attached hydrogens (primary N) is 1. The number of H-pyrrole nitrogens is 1. The highest BCUT2D eigenvalue weighted by molar-refractivity contribution is 5.40. The molecule has 6 nitrogen and oxygen atoms in total. The zero-order valence-corrected chi connectivity index (χ0v) is 10.9. The first-order valence-electron chi connectivity index (χ1n) is 6.46. The van der Waals surface area contributed by atoms with E-state index in [1.807, 2.05) is 18.2 Å². The molecular formula is C14H15N5O. The molecule has 0 spiro atoms. The smallest absolute Gasteiger partial charge is 0.243 e. The lowest BCUT2D eigenvalue weighted by Crippen LogP contribution is -2.11. The zero-order valence-electron chi connectivity index (χ0n) is 10.9. The Morgan fingerprint density at radius 2 is 2.10 bits per heavy atom. The molecule has 1 atom stereocenters. The normalized spacial score (nSPS) is 12.4. The molecule has 20 heavy (non-hydrogen) atoms. The molecule has 0 radical (unpaired) electrons. The van der Waals surface area contributed by atoms with Crippen molar-refractivity contribution in [2.75, 3.05) is 0 Å². The van der Waals surface area contributed by atoms with Gasteiger partial charge >= 0.3 is 0 Å². The maximum atomic E-state index is 6.08. The molecule has 0 saturated carbocycles. The van der Waals surface area contributed by atoms with Gasteiger partial charge in [-0.1, -0.05) is 35.5 Å². The third-order valence-electron chi connectivity index (χ3n) is 3.06.